The van der Waals surface area contributed by atoms with Crippen LogP contribution in [0.4, 0.5) is 0 Å². The van der Waals surface area contributed by atoms with Gasteiger partial charge >= 0.3 is 59.1 Å². The van der Waals surface area contributed by atoms with E-state index in [0.717, 1.165) is 18.9 Å². The Morgan fingerprint density at radius 3 is 1.50 bits per heavy atom. The zero-order valence-electron chi connectivity index (χ0n) is 11.7. The van der Waals surface area contributed by atoms with Gasteiger partial charge in [-0.2, -0.15) is 0 Å². The van der Waals surface area contributed by atoms with E-state index >= 15 is 0 Å². The van der Waals surface area contributed by atoms with Gasteiger partial charge in [0.1, 0.15) is 0 Å². The Kier molecular flexibility index (Phi) is 19.4. The molecule has 1 aromatic carbocycles. The second-order valence-corrected chi connectivity index (χ2v) is 3.31. The fourth-order valence-electron chi connectivity index (χ4n) is 0.997. The minimum Gasteiger partial charge on any atom is -0.545 e. The van der Waals surface area contributed by atoms with Crippen molar-refractivity contribution in [2.75, 3.05) is 13.2 Å². The van der Waals surface area contributed by atoms with Crippen LogP contribution in [0.2, 0.25) is 0 Å². The van der Waals surface area contributed by atoms with Crippen LogP contribution in [0.5, 0.6) is 0 Å². The monoisotopic (exact) mass is 300 g/mol. The number of hydrogen-bond acceptors (Lipinski definition) is 6. The van der Waals surface area contributed by atoms with Crippen molar-refractivity contribution >= 4 is 11.9 Å². The van der Waals surface area contributed by atoms with Crippen LogP contribution in [-0.4, -0.2) is 35.4 Å². The first-order valence-electron chi connectivity index (χ1n) is 5.27. The number of aliphatic hydroxyl groups excluding tert-OH is 2. The summed E-state index contributed by atoms with van der Waals surface area (Å²) in [6.45, 7) is 0.390. The van der Waals surface area contributed by atoms with Gasteiger partial charge in [-0.05, 0) is 30.0 Å². The summed E-state index contributed by atoms with van der Waals surface area (Å²) in [6, 6.07) is 4.81. The predicted octanol–water partition coefficient (Wildman–Crippen LogP) is -7.83. The summed E-state index contributed by atoms with van der Waals surface area (Å²) in [5.41, 5.74) is -0.339. The molecule has 6 nitrogen and oxygen atoms in total. The molecule has 0 aliphatic rings. The minimum atomic E-state index is -1.40. The Hall–Kier alpha value is 0.0800. The van der Waals surface area contributed by atoms with Gasteiger partial charge in [-0.25, -0.2) is 0 Å². The average molecular weight is 300 g/mol. The van der Waals surface area contributed by atoms with Crippen LogP contribution in [0.3, 0.4) is 0 Å². The standard InChI is InChI=1S/C8H6O4.C4H10O2.2Na/c9-7(10)5-2-1-3-6(4-5)8(11)12;5-3-1-2-4-6;;/h1-4H,(H,9,10)(H,11,12);5-6H,1-4H2;;/q;;2*+1/p-2. The molecule has 0 aromatic heterocycles. The average Bonchev–Trinajstić information content (AvgIpc) is 2.37. The second-order valence-electron chi connectivity index (χ2n) is 3.31. The first kappa shape index (κ1) is 25.1. The van der Waals surface area contributed by atoms with Crippen LogP contribution in [0.1, 0.15) is 33.6 Å². The minimum absolute atomic E-state index is 0. The fraction of sp³-hybridized carbons (Fsp3) is 0.333. The van der Waals surface area contributed by atoms with Crippen LogP contribution < -0.4 is 69.3 Å². The van der Waals surface area contributed by atoms with Crippen LogP contribution in [-0.2, 0) is 0 Å². The summed E-state index contributed by atoms with van der Waals surface area (Å²) in [5.74, 6) is -2.81. The molecule has 0 bridgehead atoms. The summed E-state index contributed by atoms with van der Waals surface area (Å²) < 4.78 is 0. The summed E-state index contributed by atoms with van der Waals surface area (Å²) in [6.07, 6.45) is 1.44. The predicted molar refractivity (Wildman–Crippen MR) is 58.5 cm³/mol. The van der Waals surface area contributed by atoms with E-state index in [0.29, 0.717) is 0 Å². The van der Waals surface area contributed by atoms with Gasteiger partial charge in [-0.1, -0.05) is 18.2 Å². The third-order valence-electron chi connectivity index (χ3n) is 1.90. The van der Waals surface area contributed by atoms with E-state index in [1.54, 1.807) is 0 Å². The Bertz CT molecular complexity index is 364. The Labute approximate surface area is 161 Å². The molecule has 2 N–H and O–H groups in total. The van der Waals surface area contributed by atoms with E-state index in [-0.39, 0.29) is 83.5 Å². The number of hydrogen-bond donors (Lipinski definition) is 2. The largest absolute Gasteiger partial charge is 1.00 e. The maximum absolute atomic E-state index is 10.3. The van der Waals surface area contributed by atoms with Gasteiger partial charge in [-0.3, -0.25) is 0 Å². The molecule has 20 heavy (non-hydrogen) atoms. The molecule has 0 unspecified atom stereocenters. The van der Waals surface area contributed by atoms with E-state index in [4.69, 9.17) is 10.2 Å². The number of carbonyl (C=O) groups is 2. The van der Waals surface area contributed by atoms with Gasteiger partial charge in [0, 0.05) is 13.2 Å². The maximum atomic E-state index is 10.3. The second kappa shape index (κ2) is 15.5. The van der Waals surface area contributed by atoms with Crippen molar-refractivity contribution in [3.8, 4) is 0 Å². The van der Waals surface area contributed by atoms with E-state index in [9.17, 15) is 19.8 Å². The molecule has 8 heteroatoms. The Balaban J connectivity index is -0.000000316. The number of benzene rings is 1. The number of unbranched alkanes of at least 4 members (excludes halogenated alkanes) is 1. The molecule has 1 aromatic rings. The first-order chi connectivity index (χ1) is 8.52. The van der Waals surface area contributed by atoms with Crippen LogP contribution in [0.15, 0.2) is 24.3 Å². The summed E-state index contributed by atoms with van der Waals surface area (Å²) in [4.78, 5) is 20.5. The number of aliphatic hydroxyl groups is 2. The van der Waals surface area contributed by atoms with Crippen molar-refractivity contribution in [2.45, 2.75) is 12.8 Å². The van der Waals surface area contributed by atoms with Crippen molar-refractivity contribution in [3.63, 3.8) is 0 Å². The van der Waals surface area contributed by atoms with Crippen molar-refractivity contribution in [2.24, 2.45) is 0 Å². The molecule has 0 aliphatic heterocycles. The zero-order valence-corrected chi connectivity index (χ0v) is 15.7. The zero-order chi connectivity index (χ0) is 14.0. The summed E-state index contributed by atoms with van der Waals surface area (Å²) in [5, 5.41) is 36.7. The van der Waals surface area contributed by atoms with Crippen LogP contribution in [0, 0.1) is 0 Å². The third kappa shape index (κ3) is 11.9. The van der Waals surface area contributed by atoms with Gasteiger partial charge < -0.3 is 30.0 Å². The summed E-state index contributed by atoms with van der Waals surface area (Å²) in [7, 11) is 0. The van der Waals surface area contributed by atoms with E-state index < -0.39 is 11.9 Å². The van der Waals surface area contributed by atoms with Crippen molar-refractivity contribution in [3.05, 3.63) is 35.4 Å². The van der Waals surface area contributed by atoms with Crippen LogP contribution in [0.25, 0.3) is 0 Å². The SMILES string of the molecule is O=C([O-])c1cccc(C(=O)[O-])c1.OCCCCO.[Na+].[Na+]. The molecule has 0 spiro atoms. The molecule has 0 amide bonds. The molecule has 100 valence electrons. The van der Waals surface area contributed by atoms with Gasteiger partial charge in [-0.15, -0.1) is 0 Å². The molecular formula is C12H14Na2O6. The normalized spacial score (nSPS) is 8.30. The van der Waals surface area contributed by atoms with E-state index in [1.807, 2.05) is 0 Å². The van der Waals surface area contributed by atoms with E-state index in [2.05, 4.69) is 0 Å². The fourth-order valence-corrected chi connectivity index (χ4v) is 0.997. The molecule has 0 radical (unpaired) electrons. The molecular weight excluding hydrogens is 286 g/mol. The quantitative estimate of drug-likeness (QED) is 0.411. The number of carboxylic acid groups (broad SMARTS) is 2. The van der Waals surface area contributed by atoms with Crippen molar-refractivity contribution in [1.82, 2.24) is 0 Å². The first-order valence-corrected chi connectivity index (χ1v) is 5.27. The molecule has 0 aliphatic carbocycles. The molecule has 0 atom stereocenters. The third-order valence-corrected chi connectivity index (χ3v) is 1.90. The molecule has 0 saturated carbocycles. The smallest absolute Gasteiger partial charge is 0.545 e. The molecule has 1 rings (SSSR count). The van der Waals surface area contributed by atoms with Gasteiger partial charge in [0.2, 0.25) is 0 Å². The Morgan fingerprint density at radius 2 is 1.25 bits per heavy atom. The number of aromatic carboxylic acids is 2. The maximum Gasteiger partial charge on any atom is 1.00 e. The topological polar surface area (TPSA) is 121 Å². The summed E-state index contributed by atoms with van der Waals surface area (Å²) >= 11 is 0. The van der Waals surface area contributed by atoms with Gasteiger partial charge in [0.25, 0.3) is 0 Å². The van der Waals surface area contributed by atoms with Crippen LogP contribution >= 0.6 is 0 Å². The molecule has 0 fully saturated rings. The molecule has 0 saturated heterocycles. The van der Waals surface area contributed by atoms with Crippen molar-refractivity contribution < 1.29 is 89.1 Å². The number of carbonyl (C=O) groups excluding carboxylic acids is 2. The number of rotatable bonds is 5. The van der Waals surface area contributed by atoms with E-state index in [1.165, 1.54) is 18.2 Å². The van der Waals surface area contributed by atoms with Gasteiger partial charge in [0.15, 0.2) is 0 Å². The molecule has 0 heterocycles. The number of carboxylic acids is 2. The van der Waals surface area contributed by atoms with Gasteiger partial charge in [0.05, 0.1) is 11.9 Å². The Morgan fingerprint density at radius 1 is 0.900 bits per heavy atom. The van der Waals surface area contributed by atoms with Crippen molar-refractivity contribution in [1.29, 1.82) is 0 Å².